The van der Waals surface area contributed by atoms with Gasteiger partial charge < -0.3 is 14.2 Å². The van der Waals surface area contributed by atoms with Gasteiger partial charge in [-0.15, -0.1) is 0 Å². The lowest BCUT2D eigenvalue weighted by atomic mass is 10.0. The minimum atomic E-state index is -0.769. The molecule has 0 spiro atoms. The molecule has 6 nitrogen and oxygen atoms in total. The highest BCUT2D eigenvalue weighted by Crippen LogP contribution is 2.17. The summed E-state index contributed by atoms with van der Waals surface area (Å²) in [6.45, 7) is 6.48. The highest BCUT2D eigenvalue weighted by atomic mass is 16.6. The van der Waals surface area contributed by atoms with Crippen molar-refractivity contribution in [3.63, 3.8) is 0 Å². The smallest absolute Gasteiger partial charge is 0.306 e. The van der Waals surface area contributed by atoms with Crippen LogP contribution in [0.15, 0.2) is 60.8 Å². The van der Waals surface area contributed by atoms with E-state index in [2.05, 4.69) is 81.5 Å². The summed E-state index contributed by atoms with van der Waals surface area (Å²) in [5.41, 5.74) is 0. The van der Waals surface area contributed by atoms with Crippen LogP contribution in [0, 0.1) is 0 Å². The van der Waals surface area contributed by atoms with Crippen LogP contribution in [-0.4, -0.2) is 37.2 Å². The van der Waals surface area contributed by atoms with Gasteiger partial charge in [-0.1, -0.05) is 293 Å². The van der Waals surface area contributed by atoms with E-state index in [1.165, 1.54) is 180 Å². The second-order valence-electron chi connectivity index (χ2n) is 20.6. The first kappa shape index (κ1) is 68.1. The van der Waals surface area contributed by atoms with Crippen LogP contribution in [0.5, 0.6) is 0 Å². The van der Waals surface area contributed by atoms with E-state index in [-0.39, 0.29) is 31.1 Å². The van der Waals surface area contributed by atoms with Gasteiger partial charge in [0.25, 0.3) is 0 Å². The summed E-state index contributed by atoms with van der Waals surface area (Å²) in [5.74, 6) is -0.873. The third kappa shape index (κ3) is 57.9. The summed E-state index contributed by atoms with van der Waals surface area (Å²) in [4.78, 5) is 37.9. The van der Waals surface area contributed by atoms with E-state index in [4.69, 9.17) is 14.2 Å². The van der Waals surface area contributed by atoms with Crippen LogP contribution in [0.4, 0.5) is 0 Å². The lowest BCUT2D eigenvalue weighted by Crippen LogP contribution is -2.30. The molecule has 71 heavy (non-hydrogen) atoms. The van der Waals surface area contributed by atoms with Crippen LogP contribution in [-0.2, 0) is 28.6 Å². The topological polar surface area (TPSA) is 78.9 Å². The monoisotopic (exact) mass is 993 g/mol. The molecule has 0 aromatic heterocycles. The largest absolute Gasteiger partial charge is 0.462 e. The molecule has 0 saturated heterocycles. The molecule has 0 rings (SSSR count). The lowest BCUT2D eigenvalue weighted by Gasteiger charge is -2.18. The summed E-state index contributed by atoms with van der Waals surface area (Å²) >= 11 is 0. The number of carbonyl (C=O) groups is 3. The number of carbonyl (C=O) groups excluding carboxylic acids is 3. The van der Waals surface area contributed by atoms with Crippen molar-refractivity contribution in [1.82, 2.24) is 0 Å². The number of hydrogen-bond acceptors (Lipinski definition) is 6. The molecule has 0 N–H and O–H groups in total. The molecule has 0 fully saturated rings. The number of rotatable bonds is 56. The van der Waals surface area contributed by atoms with Gasteiger partial charge in [-0.05, 0) is 64.2 Å². The Bertz CT molecular complexity index is 1280. The van der Waals surface area contributed by atoms with Gasteiger partial charge in [0, 0.05) is 19.3 Å². The van der Waals surface area contributed by atoms with Crippen LogP contribution in [0.25, 0.3) is 0 Å². The Labute approximate surface area is 440 Å². The van der Waals surface area contributed by atoms with Gasteiger partial charge in [-0.25, -0.2) is 0 Å². The van der Waals surface area contributed by atoms with Gasteiger partial charge in [-0.3, -0.25) is 14.4 Å². The minimum absolute atomic E-state index is 0.0722. The predicted molar refractivity (Wildman–Crippen MR) is 307 cm³/mol. The third-order valence-electron chi connectivity index (χ3n) is 13.5. The Hall–Kier alpha value is -2.89. The molecule has 0 radical (unpaired) electrons. The van der Waals surface area contributed by atoms with Crippen molar-refractivity contribution in [1.29, 1.82) is 0 Å². The van der Waals surface area contributed by atoms with E-state index in [0.717, 1.165) is 96.3 Å². The van der Waals surface area contributed by atoms with Crippen molar-refractivity contribution in [2.45, 2.75) is 322 Å². The molecule has 0 heterocycles. The fourth-order valence-corrected chi connectivity index (χ4v) is 8.94. The number of esters is 3. The van der Waals surface area contributed by atoms with Gasteiger partial charge in [0.05, 0.1) is 0 Å². The van der Waals surface area contributed by atoms with Crippen molar-refractivity contribution in [3.05, 3.63) is 60.8 Å². The quantitative estimate of drug-likeness (QED) is 0.0261. The maximum atomic E-state index is 12.8. The second kappa shape index (κ2) is 59.7. The van der Waals surface area contributed by atoms with Crippen molar-refractivity contribution >= 4 is 17.9 Å². The minimum Gasteiger partial charge on any atom is -0.462 e. The van der Waals surface area contributed by atoms with Crippen molar-refractivity contribution in [2.24, 2.45) is 0 Å². The molecule has 0 bridgehead atoms. The van der Waals surface area contributed by atoms with Crippen molar-refractivity contribution in [2.75, 3.05) is 13.2 Å². The summed E-state index contributed by atoms with van der Waals surface area (Å²) in [7, 11) is 0. The van der Waals surface area contributed by atoms with Gasteiger partial charge in [0.15, 0.2) is 6.10 Å². The Kier molecular flexibility index (Phi) is 57.2. The third-order valence-corrected chi connectivity index (χ3v) is 13.5. The van der Waals surface area contributed by atoms with E-state index in [9.17, 15) is 14.4 Å². The molecule has 412 valence electrons. The number of hydrogen-bond donors (Lipinski definition) is 0. The Morgan fingerprint density at radius 2 is 0.549 bits per heavy atom. The van der Waals surface area contributed by atoms with Gasteiger partial charge in [-0.2, -0.15) is 0 Å². The highest BCUT2D eigenvalue weighted by molar-refractivity contribution is 5.71. The molecule has 0 saturated carbocycles. The van der Waals surface area contributed by atoms with E-state index in [0.29, 0.717) is 19.3 Å². The fraction of sp³-hybridized carbons (Fsp3) is 0.800. The van der Waals surface area contributed by atoms with Crippen molar-refractivity contribution < 1.29 is 28.6 Å². The Morgan fingerprint density at radius 3 is 0.859 bits per heavy atom. The zero-order chi connectivity index (χ0) is 51.4. The van der Waals surface area contributed by atoms with Gasteiger partial charge >= 0.3 is 17.9 Å². The Morgan fingerprint density at radius 1 is 0.296 bits per heavy atom. The fourth-order valence-electron chi connectivity index (χ4n) is 8.94. The predicted octanol–water partition coefficient (Wildman–Crippen LogP) is 20.8. The molecule has 6 heteroatoms. The average molecular weight is 994 g/mol. The molecule has 0 aromatic rings. The molecule has 0 aromatic carbocycles. The molecule has 0 amide bonds. The summed E-state index contributed by atoms with van der Waals surface area (Å²) < 4.78 is 16.8. The number of unbranched alkanes of at least 4 members (excludes halogenated alkanes) is 35. The molecular formula is C65H116O6. The normalized spacial score (nSPS) is 12.4. The summed E-state index contributed by atoms with van der Waals surface area (Å²) in [5, 5.41) is 0. The number of ether oxygens (including phenoxy) is 3. The van der Waals surface area contributed by atoms with Crippen LogP contribution in [0.2, 0.25) is 0 Å². The standard InChI is InChI=1S/C65H116O6/c1-4-7-10-13-15-17-19-21-23-25-27-29-30-31-32-33-34-36-37-39-41-43-45-47-49-52-55-58-64(67)70-61-62(60-69-63(66)57-54-51-12-9-6-3)71-65(68)59-56-53-50-48-46-44-42-40-38-35-28-26-24-22-20-18-16-14-11-8-5-2/h7,10,15,17,21,23,27,29,31-32,62H,4-6,8-9,11-14,16,18-20,22,24-26,28,30,33-61H2,1-3H3/b10-7-,17-15-,23-21-,29-27-,32-31-. The first-order valence-corrected chi connectivity index (χ1v) is 30.8. The second-order valence-corrected chi connectivity index (χ2v) is 20.6. The maximum Gasteiger partial charge on any atom is 0.306 e. The summed E-state index contributed by atoms with van der Waals surface area (Å²) in [6, 6.07) is 0. The van der Waals surface area contributed by atoms with Crippen LogP contribution >= 0.6 is 0 Å². The lowest BCUT2D eigenvalue weighted by molar-refractivity contribution is -0.167. The maximum absolute atomic E-state index is 12.8. The Balaban J connectivity index is 4.03. The average Bonchev–Trinajstić information content (AvgIpc) is 3.37. The van der Waals surface area contributed by atoms with E-state index >= 15 is 0 Å². The zero-order valence-corrected chi connectivity index (χ0v) is 47.2. The van der Waals surface area contributed by atoms with Crippen LogP contribution < -0.4 is 0 Å². The number of allylic oxidation sites excluding steroid dienone is 10. The molecule has 0 aliphatic rings. The molecule has 0 aliphatic heterocycles. The van der Waals surface area contributed by atoms with Gasteiger partial charge in [0.2, 0.25) is 0 Å². The SMILES string of the molecule is CC/C=C\C/C=C\C/C=C\C/C=C\C/C=C\CCCCCCCCCCCCCC(=O)OCC(COC(=O)CCCCCCC)OC(=O)CCCCCCCCCCCCCCCCCCCCCCC. The molecule has 1 atom stereocenters. The molecule has 1 unspecified atom stereocenters. The molecule has 0 aliphatic carbocycles. The first-order valence-electron chi connectivity index (χ1n) is 30.8. The first-order chi connectivity index (χ1) is 35.0. The highest BCUT2D eigenvalue weighted by Gasteiger charge is 2.19. The van der Waals surface area contributed by atoms with E-state index in [1.807, 2.05) is 0 Å². The zero-order valence-electron chi connectivity index (χ0n) is 47.2. The van der Waals surface area contributed by atoms with E-state index in [1.54, 1.807) is 0 Å². The molecular weight excluding hydrogens is 877 g/mol. The van der Waals surface area contributed by atoms with Gasteiger partial charge in [0.1, 0.15) is 13.2 Å². The summed E-state index contributed by atoms with van der Waals surface area (Å²) in [6.07, 6.45) is 75.6. The van der Waals surface area contributed by atoms with Crippen molar-refractivity contribution in [3.8, 4) is 0 Å². The van der Waals surface area contributed by atoms with Crippen LogP contribution in [0.1, 0.15) is 316 Å². The van der Waals surface area contributed by atoms with E-state index < -0.39 is 6.10 Å². The van der Waals surface area contributed by atoms with Crippen LogP contribution in [0.3, 0.4) is 0 Å².